The Kier molecular flexibility index (Phi) is 10.5. The molecular weight excluding hydrogens is 207 g/mol. The molecule has 64 valence electrons. The van der Waals surface area contributed by atoms with E-state index in [1.54, 1.807) is 6.92 Å². The molecule has 0 aliphatic carbocycles. The van der Waals surface area contributed by atoms with Gasteiger partial charge < -0.3 is 14.6 Å². The molecule has 12 heavy (non-hydrogen) atoms. The minimum Gasteiger partial charge on any atom is -0.549 e. The summed E-state index contributed by atoms with van der Waals surface area (Å²) in [5.41, 5.74) is 0. The van der Waals surface area contributed by atoms with Crippen LogP contribution < -0.4 is 34.7 Å². The molecule has 0 bridgehead atoms. The molecule has 0 spiro atoms. The van der Waals surface area contributed by atoms with Crippen LogP contribution in [0.5, 0.6) is 0 Å². The molecule has 0 N–H and O–H groups in total. The molecule has 0 radical (unpaired) electrons. The van der Waals surface area contributed by atoms with Crippen LogP contribution in [0.3, 0.4) is 0 Å². The molecule has 0 aromatic heterocycles. The average molecular weight is 216 g/mol. The zero-order valence-corrected chi connectivity index (χ0v) is 11.0. The Morgan fingerprint density at radius 2 is 2.25 bits per heavy atom. The number of ether oxygens (including phenoxy) is 1. The Balaban J connectivity index is 0. The van der Waals surface area contributed by atoms with Gasteiger partial charge in [0, 0.05) is 0 Å². The molecule has 0 aromatic rings. The summed E-state index contributed by atoms with van der Waals surface area (Å²) in [5.74, 6) is -1.13. The van der Waals surface area contributed by atoms with Crippen molar-refractivity contribution in [3.8, 4) is 0 Å². The molecule has 0 saturated carbocycles. The number of carbonyl (C=O) groups is 1. The summed E-state index contributed by atoms with van der Waals surface area (Å²) in [4.78, 5) is 10.2. The van der Waals surface area contributed by atoms with Crippen LogP contribution in [0.25, 0.3) is 0 Å². The Bertz CT molecular complexity index is 163. The number of rotatable bonds is 3. The normalized spacial score (nSPS) is 11.2. The van der Waals surface area contributed by atoms with Crippen LogP contribution in [0.15, 0.2) is 0 Å². The third-order valence-electron chi connectivity index (χ3n) is 0.867. The van der Waals surface area contributed by atoms with Gasteiger partial charge in [0.1, 0.15) is 0 Å². The maximum Gasteiger partial charge on any atom is 1.00 e. The molecule has 0 rings (SSSR count). The van der Waals surface area contributed by atoms with Crippen LogP contribution in [-0.2, 0) is 9.53 Å². The Morgan fingerprint density at radius 1 is 1.75 bits per heavy atom. The number of thioether (sulfide) groups is 1. The molecule has 3 nitrogen and oxygen atoms in total. The smallest absolute Gasteiger partial charge is 0.549 e. The second-order valence-electron chi connectivity index (χ2n) is 1.76. The molecule has 0 aliphatic rings. The molecule has 0 unspecified atom stereocenters. The molecule has 0 heterocycles. The van der Waals surface area contributed by atoms with Gasteiger partial charge in [-0.1, -0.05) is 11.8 Å². The van der Waals surface area contributed by atoms with Crippen LogP contribution >= 0.6 is 24.0 Å². The fraction of sp³-hybridized carbons (Fsp3) is 0.667. The van der Waals surface area contributed by atoms with Crippen LogP contribution in [0.1, 0.15) is 13.8 Å². The van der Waals surface area contributed by atoms with E-state index < -0.39 is 11.2 Å². The van der Waals surface area contributed by atoms with Crippen molar-refractivity contribution in [1.82, 2.24) is 0 Å². The zero-order valence-electron chi connectivity index (χ0n) is 7.33. The molecule has 6 heteroatoms. The van der Waals surface area contributed by atoms with Gasteiger partial charge in [0.15, 0.2) is 0 Å². The van der Waals surface area contributed by atoms with E-state index in [0.717, 1.165) is 11.8 Å². The molecule has 1 atom stereocenters. The number of carboxylic acid groups (broad SMARTS) is 1. The molecule has 0 aliphatic heterocycles. The van der Waals surface area contributed by atoms with Crippen molar-refractivity contribution < 1.29 is 44.2 Å². The van der Waals surface area contributed by atoms with Crippen LogP contribution in [0.4, 0.5) is 0 Å². The fourth-order valence-electron chi connectivity index (χ4n) is 0.344. The first kappa shape index (κ1) is 15.2. The first-order chi connectivity index (χ1) is 5.07. The van der Waals surface area contributed by atoms with Gasteiger partial charge in [0.05, 0.1) is 17.8 Å². The van der Waals surface area contributed by atoms with Crippen molar-refractivity contribution in [2.24, 2.45) is 0 Å². The second kappa shape index (κ2) is 8.31. The Labute approximate surface area is 104 Å². The summed E-state index contributed by atoms with van der Waals surface area (Å²) in [5, 5.41) is 9.55. The number of carboxylic acids is 1. The predicted octanol–water partition coefficient (Wildman–Crippen LogP) is -2.82. The van der Waals surface area contributed by atoms with Crippen molar-refractivity contribution in [2.45, 2.75) is 19.1 Å². The van der Waals surface area contributed by atoms with E-state index in [2.05, 4.69) is 0 Å². The monoisotopic (exact) mass is 216 g/mol. The summed E-state index contributed by atoms with van der Waals surface area (Å²) in [7, 11) is 0. The molecule has 0 amide bonds. The van der Waals surface area contributed by atoms with Gasteiger partial charge in [-0.3, -0.25) is 0 Å². The van der Waals surface area contributed by atoms with Crippen LogP contribution in [-0.4, -0.2) is 22.2 Å². The van der Waals surface area contributed by atoms with Crippen LogP contribution in [0.2, 0.25) is 0 Å². The molecule has 0 fully saturated rings. The van der Waals surface area contributed by atoms with E-state index in [1.807, 2.05) is 0 Å². The molecule has 0 aromatic carbocycles. The number of carbonyl (C=O) groups excluding carboxylic acids is 1. The van der Waals surface area contributed by atoms with Crippen molar-refractivity contribution in [3.63, 3.8) is 0 Å². The van der Waals surface area contributed by atoms with Crippen molar-refractivity contribution >= 4 is 34.3 Å². The van der Waals surface area contributed by atoms with Gasteiger partial charge in [-0.05, 0) is 26.1 Å². The van der Waals surface area contributed by atoms with Gasteiger partial charge in [-0.25, -0.2) is 0 Å². The standard InChI is InChI=1S/C6H10O3S2.Na/c1-3-9-6(10)11-4(2)5(7)8;/h4H,3H2,1-2H3,(H,7,8);/q;+1/p-1/t4-;/m1./s1. The Hall–Kier alpha value is 0.710. The van der Waals surface area contributed by atoms with E-state index in [-0.39, 0.29) is 33.9 Å². The first-order valence-electron chi connectivity index (χ1n) is 3.12. The SMILES string of the molecule is CCOC(=S)S[C@H](C)C(=O)[O-].[Na+]. The predicted molar refractivity (Wildman–Crippen MR) is 46.3 cm³/mol. The Morgan fingerprint density at radius 3 is 2.58 bits per heavy atom. The summed E-state index contributed by atoms with van der Waals surface area (Å²) in [6, 6.07) is 0. The number of hydrogen-bond acceptors (Lipinski definition) is 5. The minimum atomic E-state index is -1.13. The quantitative estimate of drug-likeness (QED) is 0.376. The third-order valence-corrected chi connectivity index (χ3v) is 2.13. The number of aliphatic carboxylic acids is 1. The minimum absolute atomic E-state index is 0. The van der Waals surface area contributed by atoms with Gasteiger partial charge >= 0.3 is 29.6 Å². The van der Waals surface area contributed by atoms with Gasteiger partial charge in [-0.2, -0.15) is 0 Å². The maximum absolute atomic E-state index is 10.2. The van der Waals surface area contributed by atoms with E-state index in [0.29, 0.717) is 6.61 Å². The van der Waals surface area contributed by atoms with E-state index in [4.69, 9.17) is 17.0 Å². The summed E-state index contributed by atoms with van der Waals surface area (Å²) >= 11 is 5.68. The summed E-state index contributed by atoms with van der Waals surface area (Å²) in [6.45, 7) is 3.76. The topological polar surface area (TPSA) is 49.4 Å². The largest absolute Gasteiger partial charge is 1.00 e. The van der Waals surface area contributed by atoms with E-state index >= 15 is 0 Å². The molecular formula is C6H9NaO3S2. The van der Waals surface area contributed by atoms with Gasteiger partial charge in [0.2, 0.25) is 4.38 Å². The zero-order chi connectivity index (χ0) is 8.85. The average Bonchev–Trinajstić information content (AvgIpc) is 1.87. The van der Waals surface area contributed by atoms with Gasteiger partial charge in [-0.15, -0.1) is 0 Å². The summed E-state index contributed by atoms with van der Waals surface area (Å²) in [6.07, 6.45) is 0. The van der Waals surface area contributed by atoms with E-state index in [1.165, 1.54) is 6.92 Å². The van der Waals surface area contributed by atoms with E-state index in [9.17, 15) is 9.90 Å². The third kappa shape index (κ3) is 7.36. The van der Waals surface area contributed by atoms with Crippen molar-refractivity contribution in [2.75, 3.05) is 6.61 Å². The van der Waals surface area contributed by atoms with Crippen molar-refractivity contribution in [1.29, 1.82) is 0 Å². The number of thiocarbonyl (C=S) groups is 1. The second-order valence-corrected chi connectivity index (χ2v) is 3.70. The van der Waals surface area contributed by atoms with Crippen molar-refractivity contribution in [3.05, 3.63) is 0 Å². The number of hydrogen-bond donors (Lipinski definition) is 0. The van der Waals surface area contributed by atoms with Crippen LogP contribution in [0, 0.1) is 0 Å². The maximum atomic E-state index is 10.2. The van der Waals surface area contributed by atoms with Gasteiger partial charge in [0.25, 0.3) is 0 Å². The summed E-state index contributed by atoms with van der Waals surface area (Å²) < 4.78 is 5.12. The first-order valence-corrected chi connectivity index (χ1v) is 4.41. The molecule has 0 saturated heterocycles. The fourth-order valence-corrected chi connectivity index (χ4v) is 1.47.